The lowest BCUT2D eigenvalue weighted by Crippen LogP contribution is -2.21. The minimum atomic E-state index is -0.317. The van der Waals surface area contributed by atoms with E-state index in [-0.39, 0.29) is 22.9 Å². The molecule has 0 saturated heterocycles. The fraction of sp³-hybridized carbons (Fsp3) is 0.840. The van der Waals surface area contributed by atoms with Gasteiger partial charge in [0, 0.05) is 24.2 Å². The van der Waals surface area contributed by atoms with Gasteiger partial charge in [0.05, 0.1) is 78.8 Å². The Balaban J connectivity index is 1.93. The van der Waals surface area contributed by atoms with Crippen LogP contribution < -0.4 is 0 Å². The quantitative estimate of drug-likeness (QED) is 0.222. The van der Waals surface area contributed by atoms with E-state index in [1.165, 1.54) is 0 Å². The summed E-state index contributed by atoms with van der Waals surface area (Å²) in [5.74, 6) is 0.553. The Morgan fingerprint density at radius 3 is 2.00 bits per heavy atom. The first-order valence-electron chi connectivity index (χ1n) is 12.6. The molecule has 202 valence electrons. The Morgan fingerprint density at radius 1 is 0.857 bits per heavy atom. The summed E-state index contributed by atoms with van der Waals surface area (Å²) < 4.78 is 29.1. The summed E-state index contributed by atoms with van der Waals surface area (Å²) >= 11 is 0. The zero-order valence-electron chi connectivity index (χ0n) is 22.3. The topological polar surface area (TPSA) is 111 Å². The van der Waals surface area contributed by atoms with Crippen molar-refractivity contribution in [2.24, 2.45) is 11.3 Å². The predicted octanol–water partition coefficient (Wildman–Crippen LogP) is 2.87. The predicted molar refractivity (Wildman–Crippen MR) is 131 cm³/mol. The average molecular weight is 500 g/mol. The van der Waals surface area contributed by atoms with E-state index in [0.29, 0.717) is 85.5 Å². The summed E-state index contributed by atoms with van der Waals surface area (Å²) in [5.41, 5.74) is 0.425. The van der Waals surface area contributed by atoms with Crippen LogP contribution in [-0.2, 0) is 46.4 Å². The lowest BCUT2D eigenvalue weighted by Gasteiger charge is -2.16. The summed E-state index contributed by atoms with van der Waals surface area (Å²) in [4.78, 5) is 23.5. The second-order valence-electron chi connectivity index (χ2n) is 9.42. The van der Waals surface area contributed by atoms with Crippen molar-refractivity contribution in [1.82, 2.24) is 15.0 Å². The van der Waals surface area contributed by atoms with Crippen LogP contribution in [-0.4, -0.2) is 86.0 Å². The first kappa shape index (κ1) is 31.3. The summed E-state index contributed by atoms with van der Waals surface area (Å²) in [6.45, 7) is 14.8. The van der Waals surface area contributed by atoms with Crippen LogP contribution in [0.25, 0.3) is 0 Å². The van der Waals surface area contributed by atoms with Crippen LogP contribution in [0.1, 0.15) is 59.6 Å². The monoisotopic (exact) mass is 499 g/mol. The van der Waals surface area contributed by atoms with E-state index in [1.54, 1.807) is 4.68 Å². The zero-order valence-corrected chi connectivity index (χ0v) is 22.3. The number of aromatic nitrogens is 3. The van der Waals surface area contributed by atoms with Gasteiger partial charge in [-0.05, 0) is 6.42 Å². The van der Waals surface area contributed by atoms with E-state index in [2.05, 4.69) is 10.3 Å². The maximum atomic E-state index is 11.8. The van der Waals surface area contributed by atoms with Gasteiger partial charge in [0.15, 0.2) is 0 Å². The number of Topliss-reactive ketones (excluding diaryl/α,β-unsaturated/α-hetero) is 2. The van der Waals surface area contributed by atoms with Crippen LogP contribution in [0.4, 0.5) is 0 Å². The summed E-state index contributed by atoms with van der Waals surface area (Å²) in [7, 11) is 0. The SMILES string of the molecule is CCC(C)C(=O)CCOCCOCCn1cc(COCCOCCOCCC(=O)C(C)(C)C)nn1. The molecule has 1 atom stereocenters. The maximum absolute atomic E-state index is 11.8. The molecule has 0 fully saturated rings. The van der Waals surface area contributed by atoms with E-state index in [4.69, 9.17) is 23.7 Å². The number of nitrogens with zero attached hydrogens (tertiary/aromatic N) is 3. The molecule has 1 aromatic rings. The molecule has 10 nitrogen and oxygen atoms in total. The van der Waals surface area contributed by atoms with E-state index in [0.717, 1.165) is 12.1 Å². The number of rotatable bonds is 22. The molecule has 0 aliphatic heterocycles. The highest BCUT2D eigenvalue weighted by Crippen LogP contribution is 2.16. The second-order valence-corrected chi connectivity index (χ2v) is 9.42. The van der Waals surface area contributed by atoms with Gasteiger partial charge in [-0.15, -0.1) is 5.10 Å². The highest BCUT2D eigenvalue weighted by molar-refractivity contribution is 5.83. The molecule has 0 aliphatic rings. The minimum Gasteiger partial charge on any atom is -0.379 e. The maximum Gasteiger partial charge on any atom is 0.140 e. The normalized spacial score (nSPS) is 12.7. The molecule has 0 amide bonds. The lowest BCUT2D eigenvalue weighted by atomic mass is 9.89. The van der Waals surface area contributed by atoms with Crippen molar-refractivity contribution in [1.29, 1.82) is 0 Å². The van der Waals surface area contributed by atoms with Gasteiger partial charge in [-0.25, -0.2) is 4.68 Å². The molecule has 0 spiro atoms. The zero-order chi connectivity index (χ0) is 25.9. The molecule has 1 aromatic heterocycles. The van der Waals surface area contributed by atoms with E-state index < -0.39 is 0 Å². The summed E-state index contributed by atoms with van der Waals surface area (Å²) in [6.07, 6.45) is 3.58. The molecule has 0 radical (unpaired) electrons. The number of ketones is 2. The third-order valence-corrected chi connectivity index (χ3v) is 5.38. The van der Waals surface area contributed by atoms with Crippen LogP contribution in [0.3, 0.4) is 0 Å². The Bertz CT molecular complexity index is 703. The van der Waals surface area contributed by atoms with Gasteiger partial charge in [0.1, 0.15) is 17.3 Å². The summed E-state index contributed by atoms with van der Waals surface area (Å²) in [6, 6.07) is 0. The molecule has 0 N–H and O–H groups in total. The van der Waals surface area contributed by atoms with Crippen LogP contribution in [0, 0.1) is 11.3 Å². The third kappa shape index (κ3) is 15.8. The van der Waals surface area contributed by atoms with Crippen molar-refractivity contribution in [3.63, 3.8) is 0 Å². The fourth-order valence-electron chi connectivity index (χ4n) is 2.80. The summed E-state index contributed by atoms with van der Waals surface area (Å²) in [5, 5.41) is 8.14. The Hall–Kier alpha value is -1.72. The van der Waals surface area contributed by atoms with Crippen molar-refractivity contribution in [2.75, 3.05) is 59.5 Å². The van der Waals surface area contributed by atoms with Gasteiger partial charge < -0.3 is 23.7 Å². The number of hydrogen-bond donors (Lipinski definition) is 0. The fourth-order valence-corrected chi connectivity index (χ4v) is 2.80. The smallest absolute Gasteiger partial charge is 0.140 e. The Kier molecular flexibility index (Phi) is 16.6. The van der Waals surface area contributed by atoms with Gasteiger partial charge in [-0.2, -0.15) is 0 Å². The third-order valence-electron chi connectivity index (χ3n) is 5.38. The van der Waals surface area contributed by atoms with Crippen molar-refractivity contribution < 1.29 is 33.3 Å². The first-order chi connectivity index (χ1) is 16.7. The van der Waals surface area contributed by atoms with Crippen molar-refractivity contribution in [2.45, 2.75) is 67.0 Å². The van der Waals surface area contributed by atoms with Gasteiger partial charge in [-0.1, -0.05) is 39.8 Å². The molecule has 1 heterocycles. The van der Waals surface area contributed by atoms with Gasteiger partial charge in [0.25, 0.3) is 0 Å². The number of ether oxygens (including phenoxy) is 5. The van der Waals surface area contributed by atoms with Gasteiger partial charge in [-0.3, -0.25) is 9.59 Å². The van der Waals surface area contributed by atoms with Crippen LogP contribution in [0.2, 0.25) is 0 Å². The van der Waals surface area contributed by atoms with Crippen molar-refractivity contribution in [3.8, 4) is 0 Å². The Morgan fingerprint density at radius 2 is 1.40 bits per heavy atom. The largest absolute Gasteiger partial charge is 0.379 e. The highest BCUT2D eigenvalue weighted by Gasteiger charge is 2.20. The molecule has 0 saturated carbocycles. The molecular formula is C25H45N3O7. The first-order valence-corrected chi connectivity index (χ1v) is 12.6. The number of carbonyl (C=O) groups is 2. The number of hydrogen-bond acceptors (Lipinski definition) is 9. The van der Waals surface area contributed by atoms with Crippen LogP contribution in [0.15, 0.2) is 6.20 Å². The van der Waals surface area contributed by atoms with Crippen LogP contribution >= 0.6 is 0 Å². The van der Waals surface area contributed by atoms with Gasteiger partial charge in [0.2, 0.25) is 0 Å². The van der Waals surface area contributed by atoms with E-state index in [1.807, 2.05) is 40.8 Å². The Labute approximate surface area is 210 Å². The van der Waals surface area contributed by atoms with Crippen LogP contribution in [0.5, 0.6) is 0 Å². The molecule has 0 aliphatic carbocycles. The molecule has 35 heavy (non-hydrogen) atoms. The molecule has 10 heteroatoms. The molecule has 1 unspecified atom stereocenters. The molecule has 0 aromatic carbocycles. The molecule has 1 rings (SSSR count). The van der Waals surface area contributed by atoms with Crippen molar-refractivity contribution in [3.05, 3.63) is 11.9 Å². The standard InChI is InChI=1S/C25H45N3O7/c1-6-21(2)23(29)7-10-31-13-15-33-12-9-28-19-22(26-27-28)20-35-18-17-34-16-14-32-11-8-24(30)25(3,4)5/h19,21H,6-18,20H2,1-5H3. The lowest BCUT2D eigenvalue weighted by molar-refractivity contribution is -0.127. The molecule has 0 bridgehead atoms. The van der Waals surface area contributed by atoms with E-state index >= 15 is 0 Å². The average Bonchev–Trinajstić information content (AvgIpc) is 3.27. The highest BCUT2D eigenvalue weighted by atomic mass is 16.5. The minimum absolute atomic E-state index is 0.106. The second kappa shape index (κ2) is 18.5. The van der Waals surface area contributed by atoms with E-state index in [9.17, 15) is 9.59 Å². The molecular weight excluding hydrogens is 454 g/mol. The number of carbonyl (C=O) groups excluding carboxylic acids is 2. The van der Waals surface area contributed by atoms with Gasteiger partial charge >= 0.3 is 0 Å². The van der Waals surface area contributed by atoms with Crippen molar-refractivity contribution >= 4 is 11.6 Å².